The Balaban J connectivity index is 1.47. The molecule has 0 radical (unpaired) electrons. The Bertz CT molecular complexity index is 836. The van der Waals surface area contributed by atoms with E-state index in [1.54, 1.807) is 38.1 Å². The van der Waals surface area contributed by atoms with Gasteiger partial charge < -0.3 is 4.74 Å². The van der Waals surface area contributed by atoms with E-state index in [2.05, 4.69) is 15.9 Å². The van der Waals surface area contributed by atoms with Crippen molar-refractivity contribution in [2.45, 2.75) is 39.2 Å². The minimum absolute atomic E-state index is 0.234. The summed E-state index contributed by atoms with van der Waals surface area (Å²) < 4.78 is 6.11. The lowest BCUT2D eigenvalue weighted by Gasteiger charge is -2.28. The largest absolute Gasteiger partial charge is 0.456 e. The van der Waals surface area contributed by atoms with Gasteiger partial charge in [-0.15, -0.1) is 0 Å². The molecule has 2 saturated carbocycles. The second kappa shape index (κ2) is 7.67. The highest BCUT2D eigenvalue weighted by Crippen LogP contribution is 2.56. The molecule has 1 aliphatic heterocycles. The predicted octanol–water partition coefficient (Wildman–Crippen LogP) is 3.23. The van der Waals surface area contributed by atoms with Gasteiger partial charge in [0.05, 0.1) is 11.8 Å². The van der Waals surface area contributed by atoms with Gasteiger partial charge in [0.15, 0.2) is 12.4 Å². The molecule has 29 heavy (non-hydrogen) atoms. The maximum atomic E-state index is 13.1. The zero-order valence-corrected chi connectivity index (χ0v) is 18.1. The van der Waals surface area contributed by atoms with Crippen LogP contribution in [0, 0.1) is 29.6 Å². The smallest absolute Gasteiger partial charge is 0.330 e. The molecule has 6 nitrogen and oxygen atoms in total. The zero-order valence-electron chi connectivity index (χ0n) is 16.5. The van der Waals surface area contributed by atoms with Gasteiger partial charge in [0.1, 0.15) is 6.04 Å². The van der Waals surface area contributed by atoms with Crippen LogP contribution in [0.2, 0.25) is 0 Å². The van der Waals surface area contributed by atoms with E-state index in [1.807, 2.05) is 0 Å². The van der Waals surface area contributed by atoms with E-state index in [1.165, 1.54) is 0 Å². The summed E-state index contributed by atoms with van der Waals surface area (Å²) in [5.74, 6) is -1.83. The van der Waals surface area contributed by atoms with E-state index < -0.39 is 18.6 Å². The fourth-order valence-electron chi connectivity index (χ4n) is 5.32. The van der Waals surface area contributed by atoms with E-state index >= 15 is 0 Å². The van der Waals surface area contributed by atoms with Crippen molar-refractivity contribution in [2.75, 3.05) is 6.61 Å². The molecule has 3 aliphatic rings. The minimum Gasteiger partial charge on any atom is -0.456 e. The molecule has 5 atom stereocenters. The third kappa shape index (κ3) is 3.43. The number of carbonyl (C=O) groups excluding carboxylic acids is 4. The van der Waals surface area contributed by atoms with Crippen molar-refractivity contribution in [2.24, 2.45) is 29.6 Å². The highest BCUT2D eigenvalue weighted by Gasteiger charge is 2.62. The Kier molecular flexibility index (Phi) is 5.36. The first kappa shape index (κ1) is 20.3. The zero-order chi connectivity index (χ0) is 20.9. The Morgan fingerprint density at radius 3 is 2.14 bits per heavy atom. The van der Waals surface area contributed by atoms with Crippen LogP contribution < -0.4 is 0 Å². The molecule has 0 N–H and O–H groups in total. The van der Waals surface area contributed by atoms with Gasteiger partial charge in [-0.3, -0.25) is 19.3 Å². The second-order valence-electron chi connectivity index (χ2n) is 8.66. The van der Waals surface area contributed by atoms with Gasteiger partial charge in [0, 0.05) is 10.0 Å². The highest BCUT2D eigenvalue weighted by molar-refractivity contribution is 9.10. The molecule has 1 aromatic rings. The summed E-state index contributed by atoms with van der Waals surface area (Å²) in [4.78, 5) is 52.4. The van der Waals surface area contributed by atoms with Crippen LogP contribution in [0.15, 0.2) is 28.7 Å². The van der Waals surface area contributed by atoms with Crippen LogP contribution in [-0.2, 0) is 19.1 Å². The van der Waals surface area contributed by atoms with Gasteiger partial charge in [-0.2, -0.15) is 0 Å². The third-order valence-electron chi connectivity index (χ3n) is 6.62. The minimum atomic E-state index is -0.988. The monoisotopic (exact) mass is 461 g/mol. The molecule has 154 valence electrons. The number of likely N-dealkylation sites (tertiary alicyclic amines) is 1. The Hall–Kier alpha value is -2.02. The summed E-state index contributed by atoms with van der Waals surface area (Å²) in [7, 11) is 0. The van der Waals surface area contributed by atoms with E-state index in [0.29, 0.717) is 5.56 Å². The van der Waals surface area contributed by atoms with Crippen molar-refractivity contribution >= 4 is 39.5 Å². The average molecular weight is 462 g/mol. The van der Waals surface area contributed by atoms with Crippen molar-refractivity contribution in [1.29, 1.82) is 0 Å². The lowest BCUT2D eigenvalue weighted by molar-refractivity contribution is -0.160. The molecular weight excluding hydrogens is 438 g/mol. The molecule has 2 bridgehead atoms. The normalized spacial score (nSPS) is 28.8. The topological polar surface area (TPSA) is 80.8 Å². The number of benzene rings is 1. The summed E-state index contributed by atoms with van der Waals surface area (Å²) >= 11 is 3.31. The van der Waals surface area contributed by atoms with Crippen LogP contribution >= 0.6 is 15.9 Å². The van der Waals surface area contributed by atoms with Crippen molar-refractivity contribution in [1.82, 2.24) is 4.90 Å². The van der Waals surface area contributed by atoms with Gasteiger partial charge in [-0.1, -0.05) is 41.9 Å². The van der Waals surface area contributed by atoms with Crippen molar-refractivity contribution in [3.05, 3.63) is 34.3 Å². The molecule has 7 heteroatoms. The number of carbonyl (C=O) groups is 4. The summed E-state index contributed by atoms with van der Waals surface area (Å²) in [6.45, 7) is 3.15. The number of hydrogen-bond acceptors (Lipinski definition) is 5. The van der Waals surface area contributed by atoms with Crippen LogP contribution in [-0.4, -0.2) is 41.1 Å². The molecule has 0 unspecified atom stereocenters. The fraction of sp³-hybridized carbons (Fsp3) is 0.545. The maximum absolute atomic E-state index is 13.1. The lowest BCUT2D eigenvalue weighted by atomic mass is 9.81. The van der Waals surface area contributed by atoms with Crippen molar-refractivity contribution < 1.29 is 23.9 Å². The number of Topliss-reactive ketones (excluding diaryl/α,β-unsaturated/α-hetero) is 1. The molecule has 2 aliphatic carbocycles. The summed E-state index contributed by atoms with van der Waals surface area (Å²) in [5.41, 5.74) is 0.432. The standard InChI is InChI=1S/C22H24BrNO5/c1-11(2)19(22(28)29-10-16(25)12-5-7-15(23)8-6-12)24-20(26)17-13-3-4-14(9-13)18(17)21(24)27/h5-8,11,13-14,17-19H,3-4,9-10H2,1-2H3/t13-,14+,17-,18-,19-/m0/s1. The number of nitrogens with zero attached hydrogens (tertiary/aromatic N) is 1. The van der Waals surface area contributed by atoms with Crippen LogP contribution in [0.4, 0.5) is 0 Å². The molecule has 1 heterocycles. The molecule has 1 aromatic carbocycles. The number of imide groups is 1. The SMILES string of the molecule is CC(C)[C@@H](C(=O)OCC(=O)c1ccc(Br)cc1)N1C(=O)[C@H]2[C@@H]3CC[C@@H](C3)[C@@H]2C1=O. The van der Waals surface area contributed by atoms with Gasteiger partial charge in [0.2, 0.25) is 11.8 Å². The van der Waals surface area contributed by atoms with Gasteiger partial charge in [-0.25, -0.2) is 4.79 Å². The van der Waals surface area contributed by atoms with E-state index in [0.717, 1.165) is 28.6 Å². The first-order valence-corrected chi connectivity index (χ1v) is 10.9. The van der Waals surface area contributed by atoms with Crippen LogP contribution in [0.5, 0.6) is 0 Å². The highest BCUT2D eigenvalue weighted by atomic mass is 79.9. The Labute approximate surface area is 178 Å². The molecule has 0 spiro atoms. The number of ketones is 1. The predicted molar refractivity (Wildman–Crippen MR) is 108 cm³/mol. The van der Waals surface area contributed by atoms with E-state index in [9.17, 15) is 19.2 Å². The molecule has 2 amide bonds. The second-order valence-corrected chi connectivity index (χ2v) is 9.57. The number of amides is 2. The van der Waals surface area contributed by atoms with Crippen LogP contribution in [0.1, 0.15) is 43.5 Å². The number of fused-ring (bicyclic) bond motifs is 5. The fourth-order valence-corrected chi connectivity index (χ4v) is 5.59. The van der Waals surface area contributed by atoms with Crippen molar-refractivity contribution in [3.63, 3.8) is 0 Å². The first-order valence-electron chi connectivity index (χ1n) is 10.1. The van der Waals surface area contributed by atoms with Crippen molar-refractivity contribution in [3.8, 4) is 0 Å². The number of rotatable bonds is 6. The number of ether oxygens (including phenoxy) is 1. The molecule has 0 aromatic heterocycles. The third-order valence-corrected chi connectivity index (χ3v) is 7.15. The number of esters is 1. The first-order chi connectivity index (χ1) is 13.8. The number of halogens is 1. The number of hydrogen-bond donors (Lipinski definition) is 0. The van der Waals surface area contributed by atoms with Crippen LogP contribution in [0.25, 0.3) is 0 Å². The lowest BCUT2D eigenvalue weighted by Crippen LogP contribution is -2.50. The van der Waals surface area contributed by atoms with Gasteiger partial charge in [0.25, 0.3) is 0 Å². The maximum Gasteiger partial charge on any atom is 0.330 e. The molecule has 1 saturated heterocycles. The van der Waals surface area contributed by atoms with Crippen LogP contribution in [0.3, 0.4) is 0 Å². The van der Waals surface area contributed by atoms with E-state index in [4.69, 9.17) is 4.74 Å². The average Bonchev–Trinajstić information content (AvgIpc) is 3.36. The summed E-state index contributed by atoms with van der Waals surface area (Å²) in [6.07, 6.45) is 2.91. The Morgan fingerprint density at radius 1 is 1.07 bits per heavy atom. The Morgan fingerprint density at radius 2 is 1.62 bits per heavy atom. The van der Waals surface area contributed by atoms with Gasteiger partial charge >= 0.3 is 5.97 Å². The summed E-state index contributed by atoms with van der Waals surface area (Å²) in [6, 6.07) is 5.77. The quantitative estimate of drug-likeness (QED) is 0.369. The summed E-state index contributed by atoms with van der Waals surface area (Å²) in [5, 5.41) is 0. The molecular formula is C22H24BrNO5. The molecule has 3 fully saturated rings. The van der Waals surface area contributed by atoms with Gasteiger partial charge in [-0.05, 0) is 49.1 Å². The molecule has 4 rings (SSSR count). The van der Waals surface area contributed by atoms with E-state index in [-0.39, 0.29) is 47.2 Å².